The SMILES string of the molecule is CCCCN(C)CC(=O)N(C)c1ccc(CC)c(N(C)C)c1. The van der Waals surface area contributed by atoms with Crippen LogP contribution in [0.2, 0.25) is 0 Å². The van der Waals surface area contributed by atoms with Gasteiger partial charge in [-0.25, -0.2) is 0 Å². The molecule has 0 fully saturated rings. The predicted molar refractivity (Wildman–Crippen MR) is 96.0 cm³/mol. The Kier molecular flexibility index (Phi) is 7.39. The van der Waals surface area contributed by atoms with Crippen LogP contribution in [0.1, 0.15) is 32.3 Å². The zero-order valence-electron chi connectivity index (χ0n) is 15.0. The van der Waals surface area contributed by atoms with Crippen LogP contribution in [0.5, 0.6) is 0 Å². The Morgan fingerprint density at radius 3 is 2.32 bits per heavy atom. The summed E-state index contributed by atoms with van der Waals surface area (Å²) >= 11 is 0. The fraction of sp³-hybridized carbons (Fsp3) is 0.611. The molecule has 22 heavy (non-hydrogen) atoms. The van der Waals surface area contributed by atoms with Gasteiger partial charge >= 0.3 is 0 Å². The van der Waals surface area contributed by atoms with E-state index in [9.17, 15) is 4.79 Å². The summed E-state index contributed by atoms with van der Waals surface area (Å²) in [6.07, 6.45) is 3.27. The van der Waals surface area contributed by atoms with Crippen LogP contribution in [0.3, 0.4) is 0 Å². The first-order valence-corrected chi connectivity index (χ1v) is 8.16. The maximum absolute atomic E-state index is 12.4. The molecule has 0 N–H and O–H groups in total. The molecular formula is C18H31N3O. The van der Waals surface area contributed by atoms with Gasteiger partial charge in [-0.1, -0.05) is 26.3 Å². The van der Waals surface area contributed by atoms with Gasteiger partial charge in [-0.05, 0) is 44.1 Å². The minimum atomic E-state index is 0.132. The second-order valence-electron chi connectivity index (χ2n) is 6.11. The Labute approximate surface area is 135 Å². The molecule has 0 unspecified atom stereocenters. The summed E-state index contributed by atoms with van der Waals surface area (Å²) < 4.78 is 0. The Bertz CT molecular complexity index is 485. The summed E-state index contributed by atoms with van der Waals surface area (Å²) in [5.74, 6) is 0.132. The van der Waals surface area contributed by atoms with E-state index in [2.05, 4.69) is 35.8 Å². The molecule has 0 bridgehead atoms. The van der Waals surface area contributed by atoms with Gasteiger partial charge in [-0.15, -0.1) is 0 Å². The predicted octanol–water partition coefficient (Wildman–Crippen LogP) is 3.01. The number of nitrogens with zero attached hydrogens (tertiary/aromatic N) is 3. The molecular weight excluding hydrogens is 274 g/mol. The highest BCUT2D eigenvalue weighted by molar-refractivity contribution is 5.94. The first kappa shape index (κ1) is 18.5. The van der Waals surface area contributed by atoms with Crippen molar-refractivity contribution in [1.82, 2.24) is 4.90 Å². The molecule has 0 saturated carbocycles. The lowest BCUT2D eigenvalue weighted by Crippen LogP contribution is -2.37. The summed E-state index contributed by atoms with van der Waals surface area (Å²) in [7, 11) is 7.94. The van der Waals surface area contributed by atoms with Gasteiger partial charge in [0, 0.05) is 32.5 Å². The summed E-state index contributed by atoms with van der Waals surface area (Å²) in [5, 5.41) is 0. The standard InChI is InChI=1S/C18H31N3O/c1-7-9-12-20(5)14-18(22)21(6)16-11-10-15(8-2)17(13-16)19(3)4/h10-11,13H,7-9,12,14H2,1-6H3. The lowest BCUT2D eigenvalue weighted by Gasteiger charge is -2.24. The van der Waals surface area contributed by atoms with Crippen LogP contribution in [0, 0.1) is 0 Å². The van der Waals surface area contributed by atoms with Crippen molar-refractivity contribution in [3.63, 3.8) is 0 Å². The molecule has 1 rings (SSSR count). The first-order chi connectivity index (χ1) is 10.4. The lowest BCUT2D eigenvalue weighted by molar-refractivity contribution is -0.119. The van der Waals surface area contributed by atoms with Crippen molar-refractivity contribution in [3.05, 3.63) is 23.8 Å². The number of carbonyl (C=O) groups excluding carboxylic acids is 1. The number of hydrogen-bond donors (Lipinski definition) is 0. The fourth-order valence-corrected chi connectivity index (χ4v) is 2.46. The third kappa shape index (κ3) is 5.02. The van der Waals surface area contributed by atoms with Gasteiger partial charge in [0.05, 0.1) is 6.54 Å². The third-order valence-electron chi connectivity index (χ3n) is 3.99. The number of carbonyl (C=O) groups is 1. The van der Waals surface area contributed by atoms with Crippen molar-refractivity contribution in [1.29, 1.82) is 0 Å². The lowest BCUT2D eigenvalue weighted by atomic mass is 10.1. The molecule has 1 aromatic rings. The number of hydrogen-bond acceptors (Lipinski definition) is 3. The normalized spacial score (nSPS) is 10.9. The van der Waals surface area contributed by atoms with Crippen LogP contribution in [-0.2, 0) is 11.2 Å². The molecule has 1 aromatic carbocycles. The van der Waals surface area contributed by atoms with Crippen molar-refractivity contribution >= 4 is 17.3 Å². The van der Waals surface area contributed by atoms with Gasteiger partial charge in [0.1, 0.15) is 0 Å². The molecule has 4 nitrogen and oxygen atoms in total. The minimum Gasteiger partial charge on any atom is -0.377 e. The molecule has 0 heterocycles. The van der Waals surface area contributed by atoms with Crippen LogP contribution in [0.15, 0.2) is 18.2 Å². The highest BCUT2D eigenvalue weighted by Gasteiger charge is 2.15. The topological polar surface area (TPSA) is 26.8 Å². The number of rotatable bonds is 8. The highest BCUT2D eigenvalue weighted by Crippen LogP contribution is 2.25. The molecule has 0 saturated heterocycles. The molecule has 0 aliphatic rings. The van der Waals surface area contributed by atoms with E-state index >= 15 is 0 Å². The zero-order chi connectivity index (χ0) is 16.7. The molecule has 124 valence electrons. The van der Waals surface area contributed by atoms with Crippen molar-refractivity contribution in [2.24, 2.45) is 0 Å². The van der Waals surface area contributed by atoms with E-state index in [1.807, 2.05) is 34.3 Å². The summed E-state index contributed by atoms with van der Waals surface area (Å²) in [5.41, 5.74) is 3.43. The number of aryl methyl sites for hydroxylation is 1. The van der Waals surface area contributed by atoms with E-state index in [0.29, 0.717) is 6.54 Å². The van der Waals surface area contributed by atoms with E-state index in [4.69, 9.17) is 0 Å². The van der Waals surface area contributed by atoms with Crippen LogP contribution in [-0.4, -0.2) is 52.1 Å². The minimum absolute atomic E-state index is 0.132. The van der Waals surface area contributed by atoms with Gasteiger partial charge in [0.25, 0.3) is 0 Å². The van der Waals surface area contributed by atoms with Gasteiger partial charge < -0.3 is 9.80 Å². The van der Waals surface area contributed by atoms with Crippen LogP contribution < -0.4 is 9.80 Å². The van der Waals surface area contributed by atoms with Crippen molar-refractivity contribution < 1.29 is 4.79 Å². The average molecular weight is 305 g/mol. The maximum atomic E-state index is 12.4. The van der Waals surface area contributed by atoms with Gasteiger partial charge in [0.15, 0.2) is 0 Å². The number of anilines is 2. The van der Waals surface area contributed by atoms with E-state index < -0.39 is 0 Å². The van der Waals surface area contributed by atoms with Crippen LogP contribution in [0.4, 0.5) is 11.4 Å². The van der Waals surface area contributed by atoms with Crippen LogP contribution in [0.25, 0.3) is 0 Å². The second-order valence-corrected chi connectivity index (χ2v) is 6.11. The largest absolute Gasteiger partial charge is 0.377 e. The highest BCUT2D eigenvalue weighted by atomic mass is 16.2. The Hall–Kier alpha value is -1.55. The molecule has 0 aliphatic heterocycles. The van der Waals surface area contributed by atoms with E-state index in [1.54, 1.807) is 4.90 Å². The second kappa shape index (κ2) is 8.79. The molecule has 0 spiro atoms. The van der Waals surface area contributed by atoms with Gasteiger partial charge in [-0.2, -0.15) is 0 Å². The Morgan fingerprint density at radius 2 is 1.77 bits per heavy atom. The van der Waals surface area contributed by atoms with Crippen molar-refractivity contribution in [3.8, 4) is 0 Å². The zero-order valence-corrected chi connectivity index (χ0v) is 15.0. The summed E-state index contributed by atoms with van der Waals surface area (Å²) in [4.78, 5) is 18.4. The quantitative estimate of drug-likeness (QED) is 0.738. The van der Waals surface area contributed by atoms with E-state index in [-0.39, 0.29) is 5.91 Å². The average Bonchev–Trinajstić information content (AvgIpc) is 2.51. The molecule has 0 radical (unpaired) electrons. The summed E-state index contributed by atoms with van der Waals surface area (Å²) in [6, 6.07) is 6.26. The molecule has 0 aromatic heterocycles. The fourth-order valence-electron chi connectivity index (χ4n) is 2.46. The number of amides is 1. The van der Waals surface area contributed by atoms with Crippen molar-refractivity contribution in [2.45, 2.75) is 33.1 Å². The Morgan fingerprint density at radius 1 is 1.09 bits per heavy atom. The van der Waals surface area contributed by atoms with Crippen molar-refractivity contribution in [2.75, 3.05) is 51.1 Å². The Balaban J connectivity index is 2.82. The van der Waals surface area contributed by atoms with Gasteiger partial charge in [-0.3, -0.25) is 9.69 Å². The maximum Gasteiger partial charge on any atom is 0.240 e. The van der Waals surface area contributed by atoms with E-state index in [1.165, 1.54) is 11.3 Å². The summed E-state index contributed by atoms with van der Waals surface area (Å²) in [6.45, 7) is 5.75. The monoisotopic (exact) mass is 305 g/mol. The first-order valence-electron chi connectivity index (χ1n) is 8.16. The number of benzene rings is 1. The van der Waals surface area contributed by atoms with Crippen LogP contribution >= 0.6 is 0 Å². The molecule has 0 aliphatic carbocycles. The molecule has 1 amide bonds. The number of likely N-dealkylation sites (N-methyl/N-ethyl adjacent to an activating group) is 2. The smallest absolute Gasteiger partial charge is 0.240 e. The molecule has 4 heteroatoms. The number of unbranched alkanes of at least 4 members (excludes halogenated alkanes) is 1. The third-order valence-corrected chi connectivity index (χ3v) is 3.99. The van der Waals surface area contributed by atoms with E-state index in [0.717, 1.165) is 31.5 Å². The molecule has 0 atom stereocenters. The van der Waals surface area contributed by atoms with Gasteiger partial charge in [0.2, 0.25) is 5.91 Å².